The first-order valence-electron chi connectivity index (χ1n) is 3.67. The fraction of sp³-hybridized carbons (Fsp3) is 1.00. The molecular weight excluding hydrogens is 148 g/mol. The summed E-state index contributed by atoms with van der Waals surface area (Å²) in [6, 6.07) is 0. The molecule has 0 heterocycles. The van der Waals surface area contributed by atoms with E-state index in [0.717, 1.165) is 6.92 Å². The maximum Gasteiger partial charge on any atom is 0.220 e. The number of hydrogen-bond donors (Lipinski definition) is 2. The molecule has 1 unspecified atom stereocenters. The Morgan fingerprint density at radius 3 is 2.55 bits per heavy atom. The van der Waals surface area contributed by atoms with Crippen LogP contribution in [-0.4, -0.2) is 35.8 Å². The minimum atomic E-state index is -1.99. The minimum absolute atomic E-state index is 0.136. The molecule has 0 bridgehead atoms. The summed E-state index contributed by atoms with van der Waals surface area (Å²) in [5.41, 5.74) is 0. The smallest absolute Gasteiger partial charge is 0.220 e. The van der Waals surface area contributed by atoms with E-state index in [1.807, 2.05) is 0 Å². The molecule has 67 valence electrons. The molecular formula is C7H15O4. The Labute approximate surface area is 66.4 Å². The van der Waals surface area contributed by atoms with Gasteiger partial charge in [0.1, 0.15) is 6.61 Å². The first-order chi connectivity index (χ1) is 5.06. The quantitative estimate of drug-likeness (QED) is 0.425. The average Bonchev–Trinajstić information content (AvgIpc) is 1.85. The molecule has 0 aromatic rings. The zero-order valence-electron chi connectivity index (χ0n) is 6.75. The van der Waals surface area contributed by atoms with Crippen LogP contribution < -0.4 is 0 Å². The third-order valence-electron chi connectivity index (χ3n) is 1.07. The second-order valence-electron chi connectivity index (χ2n) is 2.66. The van der Waals surface area contributed by atoms with Gasteiger partial charge in [0.15, 0.2) is 0 Å². The first-order valence-corrected chi connectivity index (χ1v) is 3.67. The molecule has 2 N–H and O–H groups in total. The van der Waals surface area contributed by atoms with Crippen LogP contribution in [0.1, 0.15) is 19.8 Å². The van der Waals surface area contributed by atoms with E-state index < -0.39 is 5.79 Å². The van der Waals surface area contributed by atoms with Gasteiger partial charge >= 0.3 is 0 Å². The molecule has 4 heteroatoms. The van der Waals surface area contributed by atoms with Gasteiger partial charge in [-0.15, -0.1) is 0 Å². The van der Waals surface area contributed by atoms with Crippen molar-refractivity contribution in [3.63, 3.8) is 0 Å². The molecule has 0 rings (SSSR count). The highest BCUT2D eigenvalue weighted by Crippen LogP contribution is 1.99. The van der Waals surface area contributed by atoms with Gasteiger partial charge in [0.05, 0.1) is 0 Å². The molecule has 0 aliphatic rings. The number of aliphatic hydroxyl groups excluding tert-OH is 1. The van der Waals surface area contributed by atoms with Crippen molar-refractivity contribution in [3.8, 4) is 0 Å². The molecule has 0 saturated heterocycles. The highest BCUT2D eigenvalue weighted by molar-refractivity contribution is 4.51. The van der Waals surface area contributed by atoms with E-state index in [1.165, 1.54) is 0 Å². The zero-order valence-corrected chi connectivity index (χ0v) is 6.75. The number of ether oxygens (including phenoxy) is 1. The lowest BCUT2D eigenvalue weighted by molar-refractivity contribution is -0.221. The zero-order chi connectivity index (χ0) is 8.74. The lowest BCUT2D eigenvalue weighted by atomic mass is 10.3. The summed E-state index contributed by atoms with van der Waals surface area (Å²) in [5, 5.41) is 27.5. The Balaban J connectivity index is 3.02. The van der Waals surface area contributed by atoms with Gasteiger partial charge in [-0.25, -0.2) is 0 Å². The summed E-state index contributed by atoms with van der Waals surface area (Å²) in [7, 11) is 0. The average molecular weight is 163 g/mol. The van der Waals surface area contributed by atoms with Crippen LogP contribution in [0.25, 0.3) is 0 Å². The summed E-state index contributed by atoms with van der Waals surface area (Å²) in [6.45, 7) is 1.51. The molecule has 4 nitrogen and oxygen atoms in total. The minimum Gasteiger partial charge on any atom is -0.396 e. The molecule has 0 spiro atoms. The molecule has 0 fully saturated rings. The van der Waals surface area contributed by atoms with Crippen molar-refractivity contribution in [3.05, 3.63) is 0 Å². The molecule has 1 radical (unpaired) electrons. The summed E-state index contributed by atoms with van der Waals surface area (Å²) < 4.78 is 4.83. The van der Waals surface area contributed by atoms with Gasteiger partial charge in [0.25, 0.3) is 0 Å². The number of aliphatic hydroxyl groups is 2. The van der Waals surface area contributed by atoms with Crippen molar-refractivity contribution >= 4 is 0 Å². The van der Waals surface area contributed by atoms with Gasteiger partial charge < -0.3 is 14.9 Å². The van der Waals surface area contributed by atoms with Crippen molar-refractivity contribution in [1.82, 2.24) is 0 Å². The van der Waals surface area contributed by atoms with E-state index in [9.17, 15) is 5.11 Å². The largest absolute Gasteiger partial charge is 0.396 e. The van der Waals surface area contributed by atoms with Crippen molar-refractivity contribution in [1.29, 1.82) is 0 Å². The Bertz CT molecular complexity index is 86.9. The van der Waals surface area contributed by atoms with E-state index in [-0.39, 0.29) is 13.2 Å². The van der Waals surface area contributed by atoms with E-state index in [1.54, 1.807) is 0 Å². The summed E-state index contributed by atoms with van der Waals surface area (Å²) >= 11 is 0. The highest BCUT2D eigenvalue weighted by Gasteiger charge is 2.16. The van der Waals surface area contributed by atoms with Gasteiger partial charge in [-0.1, -0.05) is 0 Å². The third kappa shape index (κ3) is 9.84. The molecule has 0 aromatic heterocycles. The number of unbranched alkanes of at least 4 members (excludes halogenated alkanes) is 1. The third-order valence-corrected chi connectivity index (χ3v) is 1.07. The molecule has 0 aliphatic carbocycles. The fourth-order valence-corrected chi connectivity index (χ4v) is 0.577. The predicted molar refractivity (Wildman–Crippen MR) is 38.4 cm³/mol. The maximum atomic E-state index is 10.5. The van der Waals surface area contributed by atoms with Crippen molar-refractivity contribution in [2.45, 2.75) is 25.6 Å². The van der Waals surface area contributed by atoms with E-state index in [2.05, 4.69) is 0 Å². The lowest BCUT2D eigenvalue weighted by Gasteiger charge is -2.12. The van der Waals surface area contributed by atoms with E-state index in [4.69, 9.17) is 14.9 Å². The molecule has 0 amide bonds. The van der Waals surface area contributed by atoms with Crippen molar-refractivity contribution in [2.75, 3.05) is 19.8 Å². The molecule has 0 saturated carbocycles. The van der Waals surface area contributed by atoms with Gasteiger partial charge in [0, 0.05) is 13.2 Å². The standard InChI is InChI=1S/C7H15O4/c1-7(9,10)6-11-5-3-2-4-8/h8-9H,2-6H2,1H3. The van der Waals surface area contributed by atoms with Crippen molar-refractivity contribution in [2.24, 2.45) is 0 Å². The first kappa shape index (κ1) is 10.8. The maximum absolute atomic E-state index is 10.5. The number of rotatable bonds is 6. The monoisotopic (exact) mass is 163 g/mol. The van der Waals surface area contributed by atoms with Crippen LogP contribution in [0, 0.1) is 0 Å². The fourth-order valence-electron chi connectivity index (χ4n) is 0.577. The van der Waals surface area contributed by atoms with Gasteiger partial charge in [-0.3, -0.25) is 0 Å². The Kier molecular flexibility index (Phi) is 5.41. The normalized spacial score (nSPS) is 12.0. The Morgan fingerprint density at radius 1 is 1.45 bits per heavy atom. The van der Waals surface area contributed by atoms with Crippen LogP contribution in [-0.2, 0) is 9.84 Å². The predicted octanol–water partition coefficient (Wildman–Crippen LogP) is -0.0855. The van der Waals surface area contributed by atoms with Crippen LogP contribution >= 0.6 is 0 Å². The lowest BCUT2D eigenvalue weighted by Crippen LogP contribution is -2.28. The molecule has 1 atom stereocenters. The van der Waals surface area contributed by atoms with Gasteiger partial charge in [0.2, 0.25) is 5.79 Å². The van der Waals surface area contributed by atoms with Crippen LogP contribution in [0.15, 0.2) is 0 Å². The second kappa shape index (κ2) is 5.49. The molecule has 0 aliphatic heterocycles. The summed E-state index contributed by atoms with van der Waals surface area (Å²) in [6.07, 6.45) is 1.38. The molecule has 11 heavy (non-hydrogen) atoms. The van der Waals surface area contributed by atoms with Gasteiger partial charge in [-0.05, 0) is 19.8 Å². The Morgan fingerprint density at radius 2 is 2.09 bits per heavy atom. The van der Waals surface area contributed by atoms with E-state index >= 15 is 0 Å². The van der Waals surface area contributed by atoms with Gasteiger partial charge in [-0.2, -0.15) is 5.11 Å². The van der Waals surface area contributed by atoms with Crippen molar-refractivity contribution < 1.29 is 20.1 Å². The highest BCUT2D eigenvalue weighted by atomic mass is 16.6. The van der Waals surface area contributed by atoms with E-state index in [0.29, 0.717) is 19.4 Å². The number of hydrogen-bond acceptors (Lipinski definition) is 3. The van der Waals surface area contributed by atoms with Crippen LogP contribution in [0.5, 0.6) is 0 Å². The molecule has 0 aromatic carbocycles. The van der Waals surface area contributed by atoms with Crippen LogP contribution in [0.2, 0.25) is 0 Å². The topological polar surface area (TPSA) is 69.6 Å². The Hall–Kier alpha value is -0.160. The second-order valence-corrected chi connectivity index (χ2v) is 2.66. The SMILES string of the molecule is CC([O])(O)COCCCCO. The summed E-state index contributed by atoms with van der Waals surface area (Å²) in [4.78, 5) is 0. The van der Waals surface area contributed by atoms with Crippen LogP contribution in [0.4, 0.5) is 0 Å². The van der Waals surface area contributed by atoms with Crippen LogP contribution in [0.3, 0.4) is 0 Å². The summed E-state index contributed by atoms with van der Waals surface area (Å²) in [5.74, 6) is -1.99.